The number of hydrogen-bond acceptors (Lipinski definition) is 5. The van der Waals surface area contributed by atoms with E-state index in [1.54, 1.807) is 6.07 Å². The molecule has 6 heteroatoms. The van der Waals surface area contributed by atoms with Crippen LogP contribution in [0.25, 0.3) is 0 Å². The Kier molecular flexibility index (Phi) is 3.50. The molecular formula is C26H28N2O4. The van der Waals surface area contributed by atoms with Crippen molar-refractivity contribution in [1.82, 2.24) is 10.2 Å². The van der Waals surface area contributed by atoms with Gasteiger partial charge in [-0.25, -0.2) is 0 Å². The number of nitrogens with one attached hydrogen (secondary N) is 1. The van der Waals surface area contributed by atoms with Crippen molar-refractivity contribution in [2.75, 3.05) is 19.6 Å². The molecule has 1 aromatic rings. The molecule has 3 N–H and O–H groups in total. The van der Waals surface area contributed by atoms with Gasteiger partial charge in [-0.2, -0.15) is 0 Å². The number of aliphatic hydroxyl groups is 1. The van der Waals surface area contributed by atoms with Crippen LogP contribution in [0.15, 0.2) is 24.3 Å². The van der Waals surface area contributed by atoms with Crippen LogP contribution in [0.2, 0.25) is 0 Å². The molecule has 5 aliphatic carbocycles. The molecule has 166 valence electrons. The van der Waals surface area contributed by atoms with Crippen molar-refractivity contribution in [2.24, 2.45) is 17.3 Å². The van der Waals surface area contributed by atoms with Crippen molar-refractivity contribution in [2.45, 2.75) is 55.3 Å². The zero-order valence-electron chi connectivity index (χ0n) is 18.0. The lowest BCUT2D eigenvalue weighted by Gasteiger charge is -2.70. The molecule has 6 atom stereocenters. The maximum absolute atomic E-state index is 13.2. The van der Waals surface area contributed by atoms with Crippen LogP contribution in [0.5, 0.6) is 11.5 Å². The van der Waals surface area contributed by atoms with Crippen molar-refractivity contribution in [3.05, 3.63) is 35.4 Å². The fraction of sp³-hybridized carbons (Fsp3) is 0.577. The number of carbonyl (C=O) groups excluding carboxylic acids is 1. The van der Waals surface area contributed by atoms with Crippen molar-refractivity contribution >= 4 is 5.91 Å². The maximum Gasteiger partial charge on any atom is 0.227 e. The van der Waals surface area contributed by atoms with Gasteiger partial charge in [-0.15, -0.1) is 6.42 Å². The van der Waals surface area contributed by atoms with E-state index in [4.69, 9.17) is 11.2 Å². The molecular weight excluding hydrogens is 404 g/mol. The number of carbonyl (C=O) groups is 1. The predicted octanol–water partition coefficient (Wildman–Crippen LogP) is 1.49. The van der Waals surface area contributed by atoms with E-state index in [0.29, 0.717) is 12.2 Å². The second-order valence-corrected chi connectivity index (χ2v) is 10.8. The molecule has 7 aliphatic rings. The van der Waals surface area contributed by atoms with Crippen LogP contribution in [0.1, 0.15) is 36.8 Å². The lowest BCUT2D eigenvalue weighted by molar-refractivity contribution is -0.206. The Bertz CT molecular complexity index is 1120. The number of benzene rings is 1. The summed E-state index contributed by atoms with van der Waals surface area (Å²) in [5, 5.41) is 25.5. The molecule has 2 aliphatic heterocycles. The van der Waals surface area contributed by atoms with Gasteiger partial charge in [0, 0.05) is 23.6 Å². The average molecular weight is 433 g/mol. The van der Waals surface area contributed by atoms with E-state index < -0.39 is 23.0 Å². The number of terminal acetylenes is 1. The first-order chi connectivity index (χ1) is 15.4. The summed E-state index contributed by atoms with van der Waals surface area (Å²) in [6, 6.07) is 4.00. The van der Waals surface area contributed by atoms with Gasteiger partial charge < -0.3 is 20.3 Å². The molecule has 0 radical (unpaired) electrons. The molecule has 32 heavy (non-hydrogen) atoms. The molecule has 4 bridgehead atoms. The number of hydrogen-bond donors (Lipinski definition) is 3. The summed E-state index contributed by atoms with van der Waals surface area (Å²) in [7, 11) is 0. The summed E-state index contributed by atoms with van der Waals surface area (Å²) in [5.41, 5.74) is 0.110. The number of nitrogens with zero attached hydrogens (tertiary/aromatic N) is 1. The van der Waals surface area contributed by atoms with Gasteiger partial charge in [0.15, 0.2) is 11.5 Å². The third kappa shape index (κ3) is 1.99. The van der Waals surface area contributed by atoms with Gasteiger partial charge in [-0.3, -0.25) is 9.69 Å². The number of ether oxygens (including phenoxy) is 1. The summed E-state index contributed by atoms with van der Waals surface area (Å²) in [6.07, 6.45) is 13.7. The number of aromatic hydroxyl groups is 1. The number of piperidine rings is 1. The first-order valence-corrected chi connectivity index (χ1v) is 11.8. The number of phenolic OH excluding ortho intramolecular Hbond substituents is 1. The average Bonchev–Trinajstić information content (AvgIpc) is 3.52. The molecule has 1 saturated heterocycles. The van der Waals surface area contributed by atoms with Gasteiger partial charge in [0.05, 0.1) is 17.9 Å². The fourth-order valence-corrected chi connectivity index (χ4v) is 8.04. The van der Waals surface area contributed by atoms with Gasteiger partial charge in [0.2, 0.25) is 5.91 Å². The molecule has 2 saturated carbocycles. The van der Waals surface area contributed by atoms with Gasteiger partial charge in [-0.05, 0) is 56.2 Å². The normalized spacial score (nSPS) is 42.2. The van der Waals surface area contributed by atoms with Gasteiger partial charge in [0.1, 0.15) is 11.7 Å². The van der Waals surface area contributed by atoms with Crippen molar-refractivity contribution in [3.8, 4) is 23.8 Å². The summed E-state index contributed by atoms with van der Waals surface area (Å²) in [5.74, 6) is 3.02. The summed E-state index contributed by atoms with van der Waals surface area (Å²) < 4.78 is 6.46. The van der Waals surface area contributed by atoms with Gasteiger partial charge in [0.25, 0.3) is 0 Å². The molecule has 0 aromatic heterocycles. The number of likely N-dealkylation sites (tertiary alicyclic amines) is 1. The van der Waals surface area contributed by atoms with Crippen LogP contribution in [-0.4, -0.2) is 58.4 Å². The van der Waals surface area contributed by atoms with Gasteiger partial charge >= 0.3 is 0 Å². The van der Waals surface area contributed by atoms with Crippen LogP contribution in [0.3, 0.4) is 0 Å². The predicted molar refractivity (Wildman–Crippen MR) is 117 cm³/mol. The van der Waals surface area contributed by atoms with Crippen LogP contribution in [-0.2, 0) is 16.6 Å². The van der Waals surface area contributed by atoms with E-state index in [1.807, 2.05) is 12.1 Å². The number of amides is 1. The molecule has 1 aromatic carbocycles. The molecule has 2 spiro atoms. The minimum atomic E-state index is -1.44. The zero-order chi connectivity index (χ0) is 21.9. The summed E-state index contributed by atoms with van der Waals surface area (Å²) in [4.78, 5) is 15.9. The Morgan fingerprint density at radius 3 is 2.97 bits per heavy atom. The van der Waals surface area contributed by atoms with E-state index >= 15 is 0 Å². The highest BCUT2D eigenvalue weighted by molar-refractivity contribution is 5.83. The van der Waals surface area contributed by atoms with Crippen LogP contribution < -0.4 is 10.1 Å². The molecule has 8 rings (SSSR count). The second kappa shape index (κ2) is 5.89. The topological polar surface area (TPSA) is 82.0 Å². The Hall–Kier alpha value is -2.49. The largest absolute Gasteiger partial charge is 0.504 e. The van der Waals surface area contributed by atoms with Crippen molar-refractivity contribution in [3.63, 3.8) is 0 Å². The molecule has 2 heterocycles. The van der Waals surface area contributed by atoms with Crippen molar-refractivity contribution in [1.29, 1.82) is 0 Å². The van der Waals surface area contributed by atoms with Crippen LogP contribution in [0, 0.1) is 29.6 Å². The Balaban J connectivity index is 1.43. The molecule has 6 nitrogen and oxygen atoms in total. The third-order valence-corrected chi connectivity index (χ3v) is 9.46. The lowest BCUT2D eigenvalue weighted by atomic mass is 9.37. The number of phenols is 1. The Morgan fingerprint density at radius 1 is 1.34 bits per heavy atom. The standard InChI is InChI=1S/C26H28N2O4/c1-2-10-27-22(30)17-13-24-7-8-26(17,31)23-25(24)9-11-28(14-15-3-4-15)19(24)12-16-5-6-18(29)21(32-23)20(16)25/h1,5-8,15,17,19,23,29,31H,3-4,9-14H2,(H,27,30)/t17-,19+,23-,24-,25+,26+/m1/s1. The van der Waals surface area contributed by atoms with Crippen LogP contribution in [0.4, 0.5) is 0 Å². The van der Waals surface area contributed by atoms with E-state index in [9.17, 15) is 15.0 Å². The molecule has 1 amide bonds. The van der Waals surface area contributed by atoms with Gasteiger partial charge in [-0.1, -0.05) is 24.1 Å². The Morgan fingerprint density at radius 2 is 2.19 bits per heavy atom. The Labute approximate surface area is 187 Å². The quantitative estimate of drug-likeness (QED) is 0.496. The van der Waals surface area contributed by atoms with E-state index in [2.05, 4.69) is 22.2 Å². The fourth-order valence-electron chi connectivity index (χ4n) is 8.04. The minimum absolute atomic E-state index is 0.123. The van der Waals surface area contributed by atoms with E-state index in [0.717, 1.165) is 37.4 Å². The molecule has 3 fully saturated rings. The highest BCUT2D eigenvalue weighted by Gasteiger charge is 2.79. The molecule has 0 unspecified atom stereocenters. The van der Waals surface area contributed by atoms with E-state index in [-0.39, 0.29) is 29.7 Å². The van der Waals surface area contributed by atoms with E-state index in [1.165, 1.54) is 18.4 Å². The third-order valence-electron chi connectivity index (χ3n) is 9.46. The first-order valence-electron chi connectivity index (χ1n) is 11.8. The smallest absolute Gasteiger partial charge is 0.227 e. The summed E-state index contributed by atoms with van der Waals surface area (Å²) >= 11 is 0. The highest BCUT2D eigenvalue weighted by atomic mass is 16.5. The minimum Gasteiger partial charge on any atom is -0.504 e. The summed E-state index contributed by atoms with van der Waals surface area (Å²) in [6.45, 7) is 2.19. The lowest BCUT2D eigenvalue weighted by Crippen LogP contribution is -2.80. The maximum atomic E-state index is 13.2. The van der Waals surface area contributed by atoms with Crippen LogP contribution >= 0.6 is 0 Å². The number of rotatable bonds is 4. The monoisotopic (exact) mass is 432 g/mol. The first kappa shape index (κ1) is 19.0. The second-order valence-electron chi connectivity index (χ2n) is 10.8. The highest BCUT2D eigenvalue weighted by Crippen LogP contribution is 2.74. The number of fused-ring (bicyclic) bond motifs is 1. The van der Waals surface area contributed by atoms with Crippen molar-refractivity contribution < 1.29 is 19.7 Å². The SMILES string of the molecule is C#CCNC(=O)[C@H]1C[C@@]23C=C[C@@]1(O)[C@@H]1Oc4c(O)ccc5c4[C@@]12CCN(CC1CC1)[C@H]3C5. The zero-order valence-corrected chi connectivity index (χ0v) is 18.0.